The number of aryl methyl sites for hydroxylation is 1. The minimum absolute atomic E-state index is 0.320. The van der Waals surface area contributed by atoms with E-state index in [-0.39, 0.29) is 0 Å². The van der Waals surface area contributed by atoms with Crippen molar-refractivity contribution in [1.29, 1.82) is 0 Å². The second-order valence-electron chi connectivity index (χ2n) is 6.82. The van der Waals surface area contributed by atoms with Crippen LogP contribution in [0.2, 0.25) is 0 Å². The lowest BCUT2D eigenvalue weighted by Crippen LogP contribution is -2.36. The number of hydrogen-bond donors (Lipinski definition) is 0. The van der Waals surface area contributed by atoms with E-state index in [1.807, 2.05) is 6.92 Å². The molecule has 0 N–H and O–H groups in total. The van der Waals surface area contributed by atoms with Crippen LogP contribution < -0.4 is 4.90 Å². The van der Waals surface area contributed by atoms with Crippen LogP contribution in [0, 0.1) is 12.8 Å². The predicted octanol–water partition coefficient (Wildman–Crippen LogP) is 2.36. The molecule has 0 spiro atoms. The highest BCUT2D eigenvalue weighted by Gasteiger charge is 2.34. The number of nitrogens with zero attached hydrogens (tertiary/aromatic N) is 4. The van der Waals surface area contributed by atoms with Gasteiger partial charge in [0.05, 0.1) is 0 Å². The molecular weight excluding hydrogens is 276 g/mol. The van der Waals surface area contributed by atoms with Crippen molar-refractivity contribution in [2.24, 2.45) is 5.92 Å². The van der Waals surface area contributed by atoms with Crippen LogP contribution >= 0.6 is 0 Å². The van der Waals surface area contributed by atoms with Crippen molar-refractivity contribution in [1.82, 2.24) is 14.9 Å². The summed E-state index contributed by atoms with van der Waals surface area (Å²) in [5.74, 6) is 2.93. The zero-order valence-electron chi connectivity index (χ0n) is 13.9. The zero-order valence-corrected chi connectivity index (χ0v) is 13.9. The van der Waals surface area contributed by atoms with Gasteiger partial charge in [0.25, 0.3) is 0 Å². The normalized spacial score (nSPS) is 19.5. The topological polar surface area (TPSA) is 49.3 Å². The Hall–Kier alpha value is -1.65. The Morgan fingerprint density at radius 1 is 1.18 bits per heavy atom. The van der Waals surface area contributed by atoms with Gasteiger partial charge in [0, 0.05) is 49.8 Å². The zero-order chi connectivity index (χ0) is 15.7. The van der Waals surface area contributed by atoms with Gasteiger partial charge >= 0.3 is 0 Å². The second kappa shape index (κ2) is 6.23. The maximum absolute atomic E-state index is 12.2. The van der Waals surface area contributed by atoms with Gasteiger partial charge in [0.2, 0.25) is 5.91 Å². The van der Waals surface area contributed by atoms with Gasteiger partial charge in [0.15, 0.2) is 0 Å². The molecule has 3 rings (SSSR count). The molecule has 2 aliphatic rings. The fourth-order valence-corrected chi connectivity index (χ4v) is 2.95. The van der Waals surface area contributed by atoms with E-state index in [2.05, 4.69) is 34.7 Å². The number of carbonyl (C=O) groups is 1. The van der Waals surface area contributed by atoms with E-state index in [1.165, 1.54) is 0 Å². The van der Waals surface area contributed by atoms with E-state index in [0.29, 0.717) is 17.7 Å². The van der Waals surface area contributed by atoms with Gasteiger partial charge in [-0.2, -0.15) is 0 Å². The van der Waals surface area contributed by atoms with Crippen molar-refractivity contribution in [2.45, 2.75) is 46.0 Å². The standard InChI is InChI=1S/C17H26N4O/c1-12(2)16-18-13(3)11-15(19-16)20-7-4-8-21(10-9-20)17(22)14-5-6-14/h11-12,14H,4-10H2,1-3H3. The first-order chi connectivity index (χ1) is 10.5. The van der Waals surface area contributed by atoms with E-state index in [9.17, 15) is 4.79 Å². The molecule has 2 heterocycles. The first-order valence-corrected chi connectivity index (χ1v) is 8.44. The van der Waals surface area contributed by atoms with Crippen molar-refractivity contribution in [3.63, 3.8) is 0 Å². The Morgan fingerprint density at radius 2 is 1.95 bits per heavy atom. The third-order valence-corrected chi connectivity index (χ3v) is 4.43. The average molecular weight is 302 g/mol. The lowest BCUT2D eigenvalue weighted by Gasteiger charge is -2.23. The molecule has 1 aliphatic heterocycles. The average Bonchev–Trinajstić information content (AvgIpc) is 3.32. The summed E-state index contributed by atoms with van der Waals surface area (Å²) in [4.78, 5) is 25.8. The molecule has 5 heteroatoms. The molecule has 1 amide bonds. The molecule has 0 atom stereocenters. The molecular formula is C17H26N4O. The number of rotatable bonds is 3. The predicted molar refractivity (Wildman–Crippen MR) is 87.0 cm³/mol. The van der Waals surface area contributed by atoms with Crippen LogP contribution in [0.5, 0.6) is 0 Å². The van der Waals surface area contributed by atoms with E-state index >= 15 is 0 Å². The summed E-state index contributed by atoms with van der Waals surface area (Å²) < 4.78 is 0. The summed E-state index contributed by atoms with van der Waals surface area (Å²) in [7, 11) is 0. The summed E-state index contributed by atoms with van der Waals surface area (Å²) in [6.07, 6.45) is 3.18. The summed E-state index contributed by atoms with van der Waals surface area (Å²) >= 11 is 0. The van der Waals surface area contributed by atoms with Gasteiger partial charge < -0.3 is 9.80 Å². The summed E-state index contributed by atoms with van der Waals surface area (Å²) in [6.45, 7) is 9.79. The van der Waals surface area contributed by atoms with Crippen molar-refractivity contribution in [3.8, 4) is 0 Å². The molecule has 5 nitrogen and oxygen atoms in total. The van der Waals surface area contributed by atoms with Crippen molar-refractivity contribution >= 4 is 11.7 Å². The largest absolute Gasteiger partial charge is 0.355 e. The molecule has 0 aromatic carbocycles. The van der Waals surface area contributed by atoms with Crippen molar-refractivity contribution < 1.29 is 4.79 Å². The van der Waals surface area contributed by atoms with Crippen LogP contribution in [0.15, 0.2) is 6.07 Å². The number of carbonyl (C=O) groups excluding carboxylic acids is 1. The van der Waals surface area contributed by atoms with Gasteiger partial charge in [0.1, 0.15) is 11.6 Å². The Balaban J connectivity index is 1.71. The third-order valence-electron chi connectivity index (χ3n) is 4.43. The molecule has 0 unspecified atom stereocenters. The van der Waals surface area contributed by atoms with Gasteiger partial charge in [-0.25, -0.2) is 9.97 Å². The summed E-state index contributed by atoms with van der Waals surface area (Å²) in [6, 6.07) is 2.06. The fourth-order valence-electron chi connectivity index (χ4n) is 2.95. The lowest BCUT2D eigenvalue weighted by atomic mass is 10.2. The Bertz CT molecular complexity index is 554. The van der Waals surface area contributed by atoms with Gasteiger partial charge in [-0.05, 0) is 26.2 Å². The van der Waals surface area contributed by atoms with Crippen LogP contribution in [0.25, 0.3) is 0 Å². The first-order valence-electron chi connectivity index (χ1n) is 8.44. The summed E-state index contributed by atoms with van der Waals surface area (Å²) in [5.41, 5.74) is 1.02. The van der Waals surface area contributed by atoms with Crippen LogP contribution in [0.1, 0.15) is 50.5 Å². The third kappa shape index (κ3) is 3.39. The smallest absolute Gasteiger partial charge is 0.225 e. The van der Waals surface area contributed by atoms with Gasteiger partial charge in [-0.3, -0.25) is 4.79 Å². The van der Waals surface area contributed by atoms with E-state index in [1.54, 1.807) is 0 Å². The molecule has 1 saturated heterocycles. The maximum Gasteiger partial charge on any atom is 0.225 e. The molecule has 0 radical (unpaired) electrons. The van der Waals surface area contributed by atoms with E-state index in [0.717, 1.165) is 62.8 Å². The summed E-state index contributed by atoms with van der Waals surface area (Å²) in [5, 5.41) is 0. The first kappa shape index (κ1) is 15.3. The molecule has 1 aliphatic carbocycles. The van der Waals surface area contributed by atoms with Gasteiger partial charge in [-0.15, -0.1) is 0 Å². The molecule has 0 bridgehead atoms. The highest BCUT2D eigenvalue weighted by molar-refractivity contribution is 5.81. The van der Waals surface area contributed by atoms with Crippen LogP contribution in [0.4, 0.5) is 5.82 Å². The quantitative estimate of drug-likeness (QED) is 0.860. The molecule has 22 heavy (non-hydrogen) atoms. The molecule has 1 aromatic heterocycles. The van der Waals surface area contributed by atoms with Crippen molar-refractivity contribution in [2.75, 3.05) is 31.1 Å². The van der Waals surface area contributed by atoms with Crippen LogP contribution in [-0.2, 0) is 4.79 Å². The van der Waals surface area contributed by atoms with E-state index < -0.39 is 0 Å². The maximum atomic E-state index is 12.2. The number of anilines is 1. The minimum atomic E-state index is 0.320. The monoisotopic (exact) mass is 302 g/mol. The Morgan fingerprint density at radius 3 is 2.64 bits per heavy atom. The number of aromatic nitrogens is 2. The fraction of sp³-hybridized carbons (Fsp3) is 0.706. The van der Waals surface area contributed by atoms with E-state index in [4.69, 9.17) is 4.98 Å². The van der Waals surface area contributed by atoms with Gasteiger partial charge in [-0.1, -0.05) is 13.8 Å². The lowest BCUT2D eigenvalue weighted by molar-refractivity contribution is -0.132. The SMILES string of the molecule is Cc1cc(N2CCCN(C(=O)C3CC3)CC2)nc(C(C)C)n1. The Kier molecular flexibility index (Phi) is 4.32. The highest BCUT2D eigenvalue weighted by atomic mass is 16.2. The number of hydrogen-bond acceptors (Lipinski definition) is 4. The molecule has 1 saturated carbocycles. The highest BCUT2D eigenvalue weighted by Crippen LogP contribution is 2.31. The minimum Gasteiger partial charge on any atom is -0.355 e. The number of amides is 1. The van der Waals surface area contributed by atoms with Crippen LogP contribution in [-0.4, -0.2) is 47.0 Å². The van der Waals surface area contributed by atoms with Crippen molar-refractivity contribution in [3.05, 3.63) is 17.6 Å². The van der Waals surface area contributed by atoms with Crippen LogP contribution in [0.3, 0.4) is 0 Å². The second-order valence-corrected chi connectivity index (χ2v) is 6.82. The Labute approximate surface area is 132 Å². The molecule has 2 fully saturated rings. The molecule has 120 valence electrons. The molecule has 1 aromatic rings.